The fourth-order valence-electron chi connectivity index (χ4n) is 2.87. The van der Waals surface area contributed by atoms with Gasteiger partial charge in [0.1, 0.15) is 6.10 Å². The van der Waals surface area contributed by atoms with E-state index in [1.165, 1.54) is 0 Å². The molecular formula is C21H46O4Si2. The molecule has 1 fully saturated rings. The Morgan fingerprint density at radius 3 is 1.74 bits per heavy atom. The summed E-state index contributed by atoms with van der Waals surface area (Å²) in [6, 6.07) is 0. The van der Waals surface area contributed by atoms with E-state index in [-0.39, 0.29) is 40.4 Å². The molecule has 162 valence electrons. The molecule has 4 nitrogen and oxygen atoms in total. The van der Waals surface area contributed by atoms with E-state index in [1.807, 2.05) is 0 Å². The average molecular weight is 419 g/mol. The number of rotatable bonds is 9. The molecule has 0 radical (unpaired) electrons. The molecule has 0 unspecified atom stereocenters. The highest BCUT2D eigenvalue weighted by Gasteiger charge is 2.54. The van der Waals surface area contributed by atoms with Crippen molar-refractivity contribution >= 4 is 16.6 Å². The zero-order valence-electron chi connectivity index (χ0n) is 20.0. The largest absolute Gasteiger partial charge is 0.417 e. The standard InChI is InChI=1S/C21H46O4Si2/c1-19(2,3)26(9,10)23-14-13-17(25-27(11,12)20(4,5)6)21(7,8)18-16(15-22)24-18/h16-18,22H,13-15H2,1-12H3/t16-,17+,18+/m1/s1. The molecule has 0 saturated carbocycles. The maximum absolute atomic E-state index is 9.48. The van der Waals surface area contributed by atoms with Crippen LogP contribution in [0.3, 0.4) is 0 Å². The van der Waals surface area contributed by atoms with Gasteiger partial charge in [0.15, 0.2) is 16.6 Å². The van der Waals surface area contributed by atoms with E-state index in [9.17, 15) is 5.11 Å². The number of hydrogen-bond donors (Lipinski definition) is 1. The first-order chi connectivity index (χ1) is 11.9. The van der Waals surface area contributed by atoms with Crippen molar-refractivity contribution < 1.29 is 18.7 Å². The molecule has 0 aromatic carbocycles. The normalized spacial score (nSPS) is 23.4. The van der Waals surface area contributed by atoms with Gasteiger partial charge in [-0.2, -0.15) is 0 Å². The van der Waals surface area contributed by atoms with Crippen LogP contribution in [0.5, 0.6) is 0 Å². The predicted octanol–water partition coefficient (Wildman–Crippen LogP) is 5.57. The summed E-state index contributed by atoms with van der Waals surface area (Å²) in [7, 11) is -3.70. The lowest BCUT2D eigenvalue weighted by Gasteiger charge is -2.44. The lowest BCUT2D eigenvalue weighted by Crippen LogP contribution is -2.50. The Balaban J connectivity index is 2.92. The first-order valence-corrected chi connectivity index (χ1v) is 16.3. The molecule has 27 heavy (non-hydrogen) atoms. The van der Waals surface area contributed by atoms with Crippen molar-refractivity contribution in [3.63, 3.8) is 0 Å². The van der Waals surface area contributed by atoms with Crippen LogP contribution < -0.4 is 0 Å². The minimum atomic E-state index is -1.92. The second kappa shape index (κ2) is 8.19. The molecule has 1 N–H and O–H groups in total. The molecule has 0 aliphatic carbocycles. The number of ether oxygens (including phenoxy) is 1. The summed E-state index contributed by atoms with van der Waals surface area (Å²) in [5.41, 5.74) is -0.153. The SMILES string of the molecule is CC(C)([C@H](CCO[Si](C)(C)C(C)(C)C)O[Si](C)(C)C(C)(C)C)[C@H]1O[C@@H]1CO. The van der Waals surface area contributed by atoms with Crippen LogP contribution in [0, 0.1) is 5.41 Å². The second-order valence-corrected chi connectivity index (χ2v) is 21.4. The number of hydrogen-bond acceptors (Lipinski definition) is 4. The fraction of sp³-hybridized carbons (Fsp3) is 1.00. The highest BCUT2D eigenvalue weighted by Crippen LogP contribution is 2.46. The summed E-state index contributed by atoms with van der Waals surface area (Å²) >= 11 is 0. The van der Waals surface area contributed by atoms with Gasteiger partial charge in [0.25, 0.3) is 0 Å². The van der Waals surface area contributed by atoms with Crippen LogP contribution in [0.15, 0.2) is 0 Å². The minimum Gasteiger partial charge on any atom is -0.417 e. The van der Waals surface area contributed by atoms with Gasteiger partial charge >= 0.3 is 0 Å². The van der Waals surface area contributed by atoms with Crippen molar-refractivity contribution in [3.8, 4) is 0 Å². The molecule has 1 aliphatic rings. The van der Waals surface area contributed by atoms with Crippen molar-refractivity contribution in [3.05, 3.63) is 0 Å². The monoisotopic (exact) mass is 418 g/mol. The van der Waals surface area contributed by atoms with E-state index >= 15 is 0 Å². The number of aliphatic hydroxyl groups excluding tert-OH is 1. The molecular weight excluding hydrogens is 372 g/mol. The minimum absolute atomic E-state index is 0.0492. The maximum atomic E-state index is 9.48. The molecule has 0 aromatic rings. The van der Waals surface area contributed by atoms with Crippen molar-refractivity contribution in [1.82, 2.24) is 0 Å². The van der Waals surface area contributed by atoms with Crippen LogP contribution in [0.25, 0.3) is 0 Å². The molecule has 3 atom stereocenters. The molecule has 6 heteroatoms. The lowest BCUT2D eigenvalue weighted by atomic mass is 9.80. The Morgan fingerprint density at radius 2 is 1.37 bits per heavy atom. The molecule has 0 aromatic heterocycles. The van der Waals surface area contributed by atoms with Crippen molar-refractivity contribution in [2.75, 3.05) is 13.2 Å². The average Bonchev–Trinajstić information content (AvgIpc) is 3.23. The van der Waals surface area contributed by atoms with Crippen LogP contribution in [-0.4, -0.2) is 53.3 Å². The summed E-state index contributed by atoms with van der Waals surface area (Å²) in [4.78, 5) is 0. The van der Waals surface area contributed by atoms with Gasteiger partial charge in [-0.25, -0.2) is 0 Å². The van der Waals surface area contributed by atoms with Crippen LogP contribution >= 0.6 is 0 Å². The van der Waals surface area contributed by atoms with Crippen molar-refractivity contribution in [2.45, 2.75) is 116 Å². The van der Waals surface area contributed by atoms with E-state index in [1.54, 1.807) is 0 Å². The van der Waals surface area contributed by atoms with Crippen LogP contribution in [0.2, 0.25) is 36.3 Å². The third kappa shape index (κ3) is 6.13. The summed E-state index contributed by atoms with van der Waals surface area (Å²) < 4.78 is 19.1. The van der Waals surface area contributed by atoms with Crippen LogP contribution in [-0.2, 0) is 13.6 Å². The van der Waals surface area contributed by atoms with E-state index in [0.717, 1.165) is 13.0 Å². The molecule has 1 saturated heterocycles. The Kier molecular flexibility index (Phi) is 7.68. The Labute approximate surface area is 170 Å². The summed E-state index contributed by atoms with van der Waals surface area (Å²) in [6.45, 7) is 28.1. The van der Waals surface area contributed by atoms with Gasteiger partial charge in [0.05, 0.1) is 18.8 Å². The van der Waals surface area contributed by atoms with Gasteiger partial charge in [-0.05, 0) is 42.7 Å². The van der Waals surface area contributed by atoms with Gasteiger partial charge in [0.2, 0.25) is 0 Å². The van der Waals surface area contributed by atoms with Gasteiger partial charge in [0, 0.05) is 12.0 Å². The smallest absolute Gasteiger partial charge is 0.192 e. The third-order valence-electron chi connectivity index (χ3n) is 7.22. The van der Waals surface area contributed by atoms with E-state index in [2.05, 4.69) is 81.6 Å². The molecule has 1 rings (SSSR count). The molecule has 0 amide bonds. The zero-order chi connectivity index (χ0) is 21.5. The quantitative estimate of drug-likeness (QED) is 0.392. The van der Waals surface area contributed by atoms with E-state index in [0.29, 0.717) is 0 Å². The molecule has 1 aliphatic heterocycles. The fourth-order valence-corrected chi connectivity index (χ4v) is 5.42. The first kappa shape index (κ1) is 25.3. The summed E-state index contributed by atoms with van der Waals surface area (Å²) in [6.07, 6.45) is 0.936. The summed E-state index contributed by atoms with van der Waals surface area (Å²) in [5, 5.41) is 9.84. The first-order valence-electron chi connectivity index (χ1n) is 10.4. The Morgan fingerprint density at radius 1 is 0.889 bits per heavy atom. The highest BCUT2D eigenvalue weighted by atomic mass is 28.4. The van der Waals surface area contributed by atoms with Gasteiger partial charge in [-0.3, -0.25) is 0 Å². The Hall–Kier alpha value is 0.274. The van der Waals surface area contributed by atoms with E-state index in [4.69, 9.17) is 13.6 Å². The predicted molar refractivity (Wildman–Crippen MR) is 119 cm³/mol. The second-order valence-electron chi connectivity index (χ2n) is 11.9. The Bertz CT molecular complexity index is 489. The van der Waals surface area contributed by atoms with Gasteiger partial charge in [-0.1, -0.05) is 55.4 Å². The number of epoxide rings is 1. The lowest BCUT2D eigenvalue weighted by molar-refractivity contribution is 0.0220. The molecule has 0 spiro atoms. The van der Waals surface area contributed by atoms with Crippen molar-refractivity contribution in [1.29, 1.82) is 0 Å². The van der Waals surface area contributed by atoms with Gasteiger partial charge in [-0.15, -0.1) is 0 Å². The van der Waals surface area contributed by atoms with Crippen LogP contribution in [0.4, 0.5) is 0 Å². The molecule has 0 bridgehead atoms. The third-order valence-corrected chi connectivity index (χ3v) is 16.2. The topological polar surface area (TPSA) is 51.2 Å². The van der Waals surface area contributed by atoms with E-state index < -0.39 is 16.6 Å². The van der Waals surface area contributed by atoms with Crippen molar-refractivity contribution in [2.24, 2.45) is 5.41 Å². The van der Waals surface area contributed by atoms with Crippen LogP contribution in [0.1, 0.15) is 61.8 Å². The zero-order valence-corrected chi connectivity index (χ0v) is 22.0. The molecule has 1 heterocycles. The number of aliphatic hydroxyl groups is 1. The highest BCUT2D eigenvalue weighted by molar-refractivity contribution is 6.74. The summed E-state index contributed by atoms with van der Waals surface area (Å²) in [5.74, 6) is 0. The maximum Gasteiger partial charge on any atom is 0.192 e. The van der Waals surface area contributed by atoms with Gasteiger partial charge < -0.3 is 18.7 Å².